The normalized spacial score (nSPS) is 20.4. The second-order valence-corrected chi connectivity index (χ2v) is 8.61. The third-order valence-corrected chi connectivity index (χ3v) is 6.84. The molecule has 5 heterocycles. The lowest BCUT2D eigenvalue weighted by Crippen LogP contribution is -2.70. The number of para-hydroxylation sites is 1. The summed E-state index contributed by atoms with van der Waals surface area (Å²) in [6.07, 6.45) is 2.50. The number of amides is 3. The molecule has 0 saturated carbocycles. The smallest absolute Gasteiger partial charge is 0.322 e. The number of anilines is 2. The number of piperidine rings is 1. The van der Waals surface area contributed by atoms with Gasteiger partial charge in [-0.1, -0.05) is 23.7 Å². The van der Waals surface area contributed by atoms with Crippen molar-refractivity contribution in [1.82, 2.24) is 14.9 Å². The van der Waals surface area contributed by atoms with Gasteiger partial charge in [-0.15, -0.1) is 11.3 Å². The summed E-state index contributed by atoms with van der Waals surface area (Å²) in [6, 6.07) is 9.06. The summed E-state index contributed by atoms with van der Waals surface area (Å²) >= 11 is 7.45. The van der Waals surface area contributed by atoms with E-state index >= 15 is 0 Å². The molecule has 0 spiro atoms. The Labute approximate surface area is 175 Å². The maximum atomic E-state index is 12.7. The predicted octanol–water partition coefficient (Wildman–Crippen LogP) is 2.94. The van der Waals surface area contributed by atoms with Gasteiger partial charge in [-0.2, -0.15) is 0 Å². The molecular weight excluding hydrogens is 412 g/mol. The van der Waals surface area contributed by atoms with Gasteiger partial charge in [0.05, 0.1) is 37.9 Å². The van der Waals surface area contributed by atoms with E-state index in [9.17, 15) is 9.59 Å². The number of halogens is 1. The molecule has 3 N–H and O–H groups in total. The Morgan fingerprint density at radius 3 is 2.69 bits per heavy atom. The van der Waals surface area contributed by atoms with E-state index in [4.69, 9.17) is 17.3 Å². The molecule has 3 fully saturated rings. The Bertz CT molecular complexity index is 1120. The highest BCUT2D eigenvalue weighted by atomic mass is 35.5. The van der Waals surface area contributed by atoms with Crippen LogP contribution in [-0.4, -0.2) is 52.0 Å². The van der Waals surface area contributed by atoms with E-state index in [0.29, 0.717) is 34.2 Å². The molecule has 29 heavy (non-hydrogen) atoms. The lowest BCUT2D eigenvalue weighted by atomic mass is 9.87. The number of hydrogen-bond donors (Lipinski definition) is 2. The van der Waals surface area contributed by atoms with E-state index in [0.717, 1.165) is 16.9 Å². The number of aromatic nitrogens is 2. The van der Waals surface area contributed by atoms with Crippen LogP contribution in [0.5, 0.6) is 0 Å². The molecule has 0 unspecified atom stereocenters. The van der Waals surface area contributed by atoms with Crippen LogP contribution >= 0.6 is 22.9 Å². The summed E-state index contributed by atoms with van der Waals surface area (Å²) in [5.41, 5.74) is 6.73. The van der Waals surface area contributed by atoms with E-state index < -0.39 is 5.91 Å². The first-order valence-corrected chi connectivity index (χ1v) is 10.3. The van der Waals surface area contributed by atoms with Gasteiger partial charge in [0.15, 0.2) is 5.82 Å². The van der Waals surface area contributed by atoms with Crippen LogP contribution in [0.4, 0.5) is 16.3 Å². The summed E-state index contributed by atoms with van der Waals surface area (Å²) in [6.45, 7) is 1.18. The molecule has 10 heteroatoms. The fourth-order valence-electron chi connectivity index (χ4n) is 4.03. The first-order chi connectivity index (χ1) is 14.0. The molecule has 3 aliphatic heterocycles. The third-order valence-electron chi connectivity index (χ3n) is 5.38. The summed E-state index contributed by atoms with van der Waals surface area (Å²) in [5, 5.41) is 3.39. The van der Waals surface area contributed by atoms with E-state index in [1.165, 1.54) is 17.7 Å². The Hall–Kier alpha value is -2.91. The van der Waals surface area contributed by atoms with Gasteiger partial charge in [0.2, 0.25) is 0 Å². The van der Waals surface area contributed by atoms with Crippen molar-refractivity contribution < 1.29 is 9.59 Å². The number of nitrogens with two attached hydrogens (primary N) is 1. The zero-order valence-electron chi connectivity index (χ0n) is 15.2. The summed E-state index contributed by atoms with van der Waals surface area (Å²) in [5.74, 6) is 0.338. The average Bonchev–Trinajstić information content (AvgIpc) is 3.15. The van der Waals surface area contributed by atoms with Gasteiger partial charge in [-0.3, -0.25) is 4.79 Å². The number of rotatable bonds is 3. The zero-order valence-corrected chi connectivity index (χ0v) is 16.8. The maximum absolute atomic E-state index is 12.7. The van der Waals surface area contributed by atoms with Gasteiger partial charge >= 0.3 is 6.03 Å². The Balaban J connectivity index is 1.34. The molecule has 1 aromatic carbocycles. The minimum atomic E-state index is -0.467. The average molecular weight is 429 g/mol. The van der Waals surface area contributed by atoms with Crippen molar-refractivity contribution in [2.45, 2.75) is 18.5 Å². The minimum absolute atomic E-state index is 0.160. The molecule has 6 rings (SSSR count). The topological polar surface area (TPSA) is 104 Å². The van der Waals surface area contributed by atoms with Crippen molar-refractivity contribution in [2.24, 2.45) is 5.73 Å². The predicted molar refractivity (Wildman–Crippen MR) is 113 cm³/mol. The van der Waals surface area contributed by atoms with Crippen LogP contribution in [0.1, 0.15) is 16.1 Å². The van der Waals surface area contributed by atoms with Crippen molar-refractivity contribution >= 4 is 56.6 Å². The standard InChI is InChI=1S/C19H17ClN6O2S/c20-12-3-1-2-4-13(12)24-19(28)25-7-10-5-11(8-25)26(10)18-16-14(22-9-23-18)6-15(29-16)17(21)27/h1-4,6,9-11H,5,7-8H2,(H2,21,27)(H,24,28)/t10-,11+. The van der Waals surface area contributed by atoms with Crippen molar-refractivity contribution in [3.63, 3.8) is 0 Å². The molecule has 8 nitrogen and oxygen atoms in total. The maximum Gasteiger partial charge on any atom is 0.322 e. The number of carbonyl (C=O) groups is 2. The molecule has 0 radical (unpaired) electrons. The molecule has 3 amide bonds. The van der Waals surface area contributed by atoms with Crippen LogP contribution in [0, 0.1) is 0 Å². The summed E-state index contributed by atoms with van der Waals surface area (Å²) in [4.78, 5) is 37.4. The van der Waals surface area contributed by atoms with Crippen molar-refractivity contribution in [1.29, 1.82) is 0 Å². The lowest BCUT2D eigenvalue weighted by molar-refractivity contribution is 0.100. The van der Waals surface area contributed by atoms with Gasteiger partial charge in [-0.05, 0) is 24.6 Å². The van der Waals surface area contributed by atoms with Crippen LogP contribution in [0.3, 0.4) is 0 Å². The number of carbonyl (C=O) groups excluding carboxylic acids is 2. The number of piperazine rings is 1. The van der Waals surface area contributed by atoms with Crippen LogP contribution in [0.2, 0.25) is 5.02 Å². The first-order valence-electron chi connectivity index (χ1n) is 9.14. The SMILES string of the molecule is NC(=O)c1cc2ncnc(N3[C@@H]4C[C@H]3CN(C(=O)Nc3ccccc3Cl)C4)c2s1. The highest BCUT2D eigenvalue weighted by molar-refractivity contribution is 7.21. The largest absolute Gasteiger partial charge is 0.365 e. The molecule has 148 valence electrons. The van der Waals surface area contributed by atoms with Crippen molar-refractivity contribution in [2.75, 3.05) is 23.3 Å². The van der Waals surface area contributed by atoms with Gasteiger partial charge in [0.25, 0.3) is 5.91 Å². The molecule has 0 aliphatic carbocycles. The van der Waals surface area contributed by atoms with Gasteiger partial charge in [-0.25, -0.2) is 14.8 Å². The fraction of sp³-hybridized carbons (Fsp3) is 0.263. The van der Waals surface area contributed by atoms with Gasteiger partial charge < -0.3 is 20.9 Å². The highest BCUT2D eigenvalue weighted by Gasteiger charge is 2.47. The number of primary amides is 1. The second-order valence-electron chi connectivity index (χ2n) is 7.15. The number of fused-ring (bicyclic) bond motifs is 3. The zero-order chi connectivity index (χ0) is 20.1. The quantitative estimate of drug-likeness (QED) is 0.667. The number of thiophene rings is 1. The lowest BCUT2D eigenvalue weighted by Gasteiger charge is -2.56. The molecule has 2 bridgehead atoms. The van der Waals surface area contributed by atoms with Crippen LogP contribution in [0.15, 0.2) is 36.7 Å². The van der Waals surface area contributed by atoms with Crippen molar-refractivity contribution in [3.8, 4) is 0 Å². The van der Waals surface area contributed by atoms with E-state index in [1.54, 1.807) is 23.1 Å². The third kappa shape index (κ3) is 3.06. The molecule has 2 aromatic heterocycles. The first kappa shape index (κ1) is 18.1. The van der Waals surface area contributed by atoms with Crippen molar-refractivity contribution in [3.05, 3.63) is 46.6 Å². The molecule has 3 saturated heterocycles. The molecule has 2 atom stereocenters. The van der Waals surface area contributed by atoms with E-state index in [1.807, 2.05) is 12.1 Å². The second kappa shape index (κ2) is 6.85. The molecular formula is C19H17ClN6O2S. The number of benzene rings is 1. The molecule has 3 aliphatic rings. The monoisotopic (exact) mass is 428 g/mol. The Morgan fingerprint density at radius 1 is 1.21 bits per heavy atom. The van der Waals surface area contributed by atoms with Crippen LogP contribution in [0.25, 0.3) is 10.2 Å². The number of nitrogens with zero attached hydrogens (tertiary/aromatic N) is 4. The molecule has 3 aromatic rings. The summed E-state index contributed by atoms with van der Waals surface area (Å²) in [7, 11) is 0. The summed E-state index contributed by atoms with van der Waals surface area (Å²) < 4.78 is 0.852. The number of nitrogens with one attached hydrogen (secondary N) is 1. The van der Waals surface area contributed by atoms with E-state index in [2.05, 4.69) is 20.2 Å². The minimum Gasteiger partial charge on any atom is -0.365 e. The van der Waals surface area contributed by atoms with Gasteiger partial charge in [0.1, 0.15) is 6.33 Å². The number of urea groups is 1. The van der Waals surface area contributed by atoms with E-state index in [-0.39, 0.29) is 18.1 Å². The Kier molecular flexibility index (Phi) is 4.29. The van der Waals surface area contributed by atoms with Crippen LogP contribution < -0.4 is 16.0 Å². The van der Waals surface area contributed by atoms with Gasteiger partial charge in [0, 0.05) is 13.1 Å². The highest BCUT2D eigenvalue weighted by Crippen LogP contribution is 2.41. The Morgan fingerprint density at radius 2 is 1.97 bits per heavy atom. The fourth-order valence-corrected chi connectivity index (χ4v) is 5.17. The van der Waals surface area contributed by atoms with Crippen LogP contribution in [-0.2, 0) is 0 Å². The number of hydrogen-bond acceptors (Lipinski definition) is 6.